The molecule has 0 spiro atoms. The van der Waals surface area contributed by atoms with Crippen LogP contribution >= 0.6 is 0 Å². The first kappa shape index (κ1) is 17.3. The molecule has 6 heteroatoms. The number of aryl methyl sites for hydroxylation is 2. The van der Waals surface area contributed by atoms with Gasteiger partial charge in [0.1, 0.15) is 17.3 Å². The Morgan fingerprint density at radius 1 is 1.32 bits per heavy atom. The first-order chi connectivity index (χ1) is 12.0. The van der Waals surface area contributed by atoms with E-state index in [1.54, 1.807) is 14.2 Å². The van der Waals surface area contributed by atoms with Crippen molar-refractivity contribution in [1.82, 2.24) is 10.1 Å². The molecule has 1 aromatic carbocycles. The molecule has 1 amide bonds. The number of amides is 1. The molecule has 1 aliphatic heterocycles. The van der Waals surface area contributed by atoms with Crippen molar-refractivity contribution in [3.63, 3.8) is 0 Å². The fourth-order valence-corrected chi connectivity index (χ4v) is 3.42. The van der Waals surface area contributed by atoms with Crippen LogP contribution in [0.2, 0.25) is 0 Å². The summed E-state index contributed by atoms with van der Waals surface area (Å²) < 4.78 is 16.0. The number of hydrogen-bond acceptors (Lipinski definition) is 5. The lowest BCUT2D eigenvalue weighted by Gasteiger charge is -2.18. The molecule has 25 heavy (non-hydrogen) atoms. The van der Waals surface area contributed by atoms with Crippen molar-refractivity contribution in [2.45, 2.75) is 32.6 Å². The molecule has 0 N–H and O–H groups in total. The monoisotopic (exact) mass is 344 g/mol. The molecule has 2 aromatic rings. The normalized spacial score (nSPS) is 17.0. The minimum absolute atomic E-state index is 0.110. The number of likely N-dealkylation sites (tertiary alicyclic amines) is 1. The predicted molar refractivity (Wildman–Crippen MR) is 93.2 cm³/mol. The third-order valence-corrected chi connectivity index (χ3v) is 4.93. The van der Waals surface area contributed by atoms with Crippen LogP contribution in [0.15, 0.2) is 22.7 Å². The molecule has 3 rings (SSSR count). The minimum Gasteiger partial charge on any atom is -0.497 e. The number of aromatic nitrogens is 1. The summed E-state index contributed by atoms with van der Waals surface area (Å²) in [6.07, 6.45) is 1.25. The highest BCUT2D eigenvalue weighted by Crippen LogP contribution is 2.36. The van der Waals surface area contributed by atoms with Crippen LogP contribution in [0.4, 0.5) is 0 Å². The smallest absolute Gasteiger partial charge is 0.227 e. The van der Waals surface area contributed by atoms with Crippen LogP contribution in [0.5, 0.6) is 11.5 Å². The molecular weight excluding hydrogens is 320 g/mol. The van der Waals surface area contributed by atoms with Crippen LogP contribution < -0.4 is 9.47 Å². The maximum Gasteiger partial charge on any atom is 0.227 e. The number of carbonyl (C=O) groups is 1. The lowest BCUT2D eigenvalue weighted by Crippen LogP contribution is -2.30. The molecule has 134 valence electrons. The van der Waals surface area contributed by atoms with E-state index < -0.39 is 0 Å². The molecule has 0 saturated carbocycles. The molecular formula is C19H24N2O4. The Morgan fingerprint density at radius 3 is 2.76 bits per heavy atom. The number of nitrogens with zero attached hydrogens (tertiary/aromatic N) is 2. The van der Waals surface area contributed by atoms with Crippen molar-refractivity contribution in [2.24, 2.45) is 0 Å². The van der Waals surface area contributed by atoms with Gasteiger partial charge in [-0.05, 0) is 38.5 Å². The number of rotatable bonds is 5. The number of methoxy groups -OCH3 is 2. The highest BCUT2D eigenvalue weighted by Gasteiger charge is 2.30. The highest BCUT2D eigenvalue weighted by atomic mass is 16.5. The lowest BCUT2D eigenvalue weighted by atomic mass is 9.97. The Kier molecular flexibility index (Phi) is 4.97. The van der Waals surface area contributed by atoms with Crippen molar-refractivity contribution in [2.75, 3.05) is 27.3 Å². The van der Waals surface area contributed by atoms with Crippen LogP contribution in [-0.2, 0) is 11.2 Å². The minimum atomic E-state index is 0.110. The largest absolute Gasteiger partial charge is 0.497 e. The van der Waals surface area contributed by atoms with E-state index in [4.69, 9.17) is 14.0 Å². The van der Waals surface area contributed by atoms with Crippen molar-refractivity contribution < 1.29 is 18.8 Å². The molecule has 0 aliphatic carbocycles. The summed E-state index contributed by atoms with van der Waals surface area (Å²) in [4.78, 5) is 14.6. The number of hydrogen-bond donors (Lipinski definition) is 0. The van der Waals surface area contributed by atoms with Crippen molar-refractivity contribution in [3.8, 4) is 11.5 Å². The van der Waals surface area contributed by atoms with E-state index in [1.165, 1.54) is 0 Å². The van der Waals surface area contributed by atoms with Gasteiger partial charge in [-0.2, -0.15) is 0 Å². The Bertz CT molecular complexity index is 749. The third-order valence-electron chi connectivity index (χ3n) is 4.93. The van der Waals surface area contributed by atoms with Gasteiger partial charge < -0.3 is 18.9 Å². The van der Waals surface area contributed by atoms with Crippen molar-refractivity contribution in [1.29, 1.82) is 0 Å². The molecule has 1 fully saturated rings. The van der Waals surface area contributed by atoms with E-state index in [1.807, 2.05) is 36.9 Å². The van der Waals surface area contributed by atoms with E-state index in [-0.39, 0.29) is 11.8 Å². The van der Waals surface area contributed by atoms with Gasteiger partial charge >= 0.3 is 0 Å². The van der Waals surface area contributed by atoms with Gasteiger partial charge in [-0.3, -0.25) is 4.79 Å². The SMILES string of the molecule is COc1ccc(OC)c(C2CCN(C(=O)Cc3c(C)noc3C)C2)c1. The van der Waals surface area contributed by atoms with E-state index in [2.05, 4.69) is 5.16 Å². The maximum atomic E-state index is 12.7. The highest BCUT2D eigenvalue weighted by molar-refractivity contribution is 5.79. The van der Waals surface area contributed by atoms with Crippen LogP contribution in [0.25, 0.3) is 0 Å². The Morgan fingerprint density at radius 2 is 2.12 bits per heavy atom. The van der Waals surface area contributed by atoms with Gasteiger partial charge in [0.15, 0.2) is 0 Å². The van der Waals surface area contributed by atoms with E-state index >= 15 is 0 Å². The number of carbonyl (C=O) groups excluding carboxylic acids is 1. The van der Waals surface area contributed by atoms with E-state index in [0.717, 1.165) is 47.0 Å². The summed E-state index contributed by atoms with van der Waals surface area (Å²) in [5.74, 6) is 2.72. The van der Waals surface area contributed by atoms with Gasteiger partial charge in [0, 0.05) is 30.1 Å². The molecule has 1 saturated heterocycles. The van der Waals surface area contributed by atoms with E-state index in [0.29, 0.717) is 13.0 Å². The van der Waals surface area contributed by atoms with Gasteiger partial charge in [-0.15, -0.1) is 0 Å². The Labute approximate surface area is 147 Å². The first-order valence-corrected chi connectivity index (χ1v) is 8.45. The first-order valence-electron chi connectivity index (χ1n) is 8.45. The second-order valence-corrected chi connectivity index (χ2v) is 6.41. The van der Waals surface area contributed by atoms with Gasteiger partial charge in [0.05, 0.1) is 26.3 Å². The van der Waals surface area contributed by atoms with Crippen LogP contribution in [-0.4, -0.2) is 43.3 Å². The van der Waals surface area contributed by atoms with Gasteiger partial charge in [0.2, 0.25) is 5.91 Å². The Hall–Kier alpha value is -2.50. The molecule has 1 unspecified atom stereocenters. The average molecular weight is 344 g/mol. The number of benzene rings is 1. The molecule has 1 aromatic heterocycles. The zero-order valence-electron chi connectivity index (χ0n) is 15.2. The molecule has 2 heterocycles. The molecule has 0 radical (unpaired) electrons. The van der Waals surface area contributed by atoms with E-state index in [9.17, 15) is 4.79 Å². The van der Waals surface area contributed by atoms with Gasteiger partial charge in [-0.1, -0.05) is 5.16 Å². The summed E-state index contributed by atoms with van der Waals surface area (Å²) in [7, 11) is 3.32. The second kappa shape index (κ2) is 7.17. The lowest BCUT2D eigenvalue weighted by molar-refractivity contribution is -0.129. The Balaban J connectivity index is 1.72. The quantitative estimate of drug-likeness (QED) is 0.834. The third kappa shape index (κ3) is 3.48. The van der Waals surface area contributed by atoms with Crippen molar-refractivity contribution >= 4 is 5.91 Å². The second-order valence-electron chi connectivity index (χ2n) is 6.41. The zero-order valence-corrected chi connectivity index (χ0v) is 15.2. The zero-order chi connectivity index (χ0) is 18.0. The average Bonchev–Trinajstić information content (AvgIpc) is 3.23. The maximum absolute atomic E-state index is 12.7. The van der Waals surface area contributed by atoms with Crippen LogP contribution in [0.1, 0.15) is 34.9 Å². The van der Waals surface area contributed by atoms with Gasteiger partial charge in [0.25, 0.3) is 0 Å². The summed E-state index contributed by atoms with van der Waals surface area (Å²) in [6.45, 7) is 5.14. The summed E-state index contributed by atoms with van der Waals surface area (Å²) >= 11 is 0. The number of ether oxygens (including phenoxy) is 2. The van der Waals surface area contributed by atoms with Crippen LogP contribution in [0, 0.1) is 13.8 Å². The summed E-state index contributed by atoms with van der Waals surface area (Å²) in [6, 6.07) is 5.81. The van der Waals surface area contributed by atoms with Crippen molar-refractivity contribution in [3.05, 3.63) is 40.8 Å². The molecule has 1 aliphatic rings. The van der Waals surface area contributed by atoms with Gasteiger partial charge in [-0.25, -0.2) is 0 Å². The predicted octanol–water partition coefficient (Wildman–Crippen LogP) is 2.87. The molecule has 6 nitrogen and oxygen atoms in total. The summed E-state index contributed by atoms with van der Waals surface area (Å²) in [5, 5.41) is 3.92. The topological polar surface area (TPSA) is 64.8 Å². The summed E-state index contributed by atoms with van der Waals surface area (Å²) in [5.41, 5.74) is 2.78. The molecule has 0 bridgehead atoms. The fraction of sp³-hybridized carbons (Fsp3) is 0.474. The van der Waals surface area contributed by atoms with Crippen LogP contribution in [0.3, 0.4) is 0 Å². The fourth-order valence-electron chi connectivity index (χ4n) is 3.42. The molecule has 1 atom stereocenters. The standard InChI is InChI=1S/C19H24N2O4/c1-12-16(13(2)25-20-12)10-19(22)21-8-7-14(11-21)17-9-15(23-3)5-6-18(17)24-4/h5-6,9,14H,7-8,10-11H2,1-4H3.